The second-order valence-electron chi connectivity index (χ2n) is 7.15. The molecule has 0 saturated heterocycles. The third-order valence-electron chi connectivity index (χ3n) is 5.01. The summed E-state index contributed by atoms with van der Waals surface area (Å²) in [5.74, 6) is -2.34. The van der Waals surface area contributed by atoms with E-state index in [4.69, 9.17) is 9.47 Å². The number of ether oxygens (including phenoxy) is 2. The van der Waals surface area contributed by atoms with Crippen LogP contribution in [0, 0.1) is 17.6 Å². The number of hydrogen-bond donors (Lipinski definition) is 0. The molecule has 29 heavy (non-hydrogen) atoms. The molecule has 1 atom stereocenters. The molecule has 0 aliphatic heterocycles. The topological polar surface area (TPSA) is 55.8 Å². The van der Waals surface area contributed by atoms with Gasteiger partial charge in [0.2, 0.25) is 0 Å². The van der Waals surface area contributed by atoms with E-state index >= 15 is 0 Å². The summed E-state index contributed by atoms with van der Waals surface area (Å²) in [6.45, 7) is 1.82. The molecule has 1 amide bonds. The van der Waals surface area contributed by atoms with Crippen molar-refractivity contribution in [1.29, 1.82) is 0 Å². The van der Waals surface area contributed by atoms with E-state index in [0.29, 0.717) is 11.3 Å². The second kappa shape index (κ2) is 8.59. The van der Waals surface area contributed by atoms with Gasteiger partial charge in [0, 0.05) is 24.2 Å². The van der Waals surface area contributed by atoms with Gasteiger partial charge in [0.1, 0.15) is 17.4 Å². The van der Waals surface area contributed by atoms with Crippen molar-refractivity contribution < 1.29 is 27.8 Å². The van der Waals surface area contributed by atoms with Crippen molar-refractivity contribution in [3.63, 3.8) is 0 Å². The Balaban J connectivity index is 1.85. The van der Waals surface area contributed by atoms with Crippen LogP contribution < -0.4 is 4.74 Å². The number of benzene rings is 2. The Hall–Kier alpha value is -2.96. The molecule has 0 spiro atoms. The molecule has 0 N–H and O–H groups in total. The van der Waals surface area contributed by atoms with E-state index in [0.717, 1.165) is 18.9 Å². The van der Waals surface area contributed by atoms with E-state index < -0.39 is 29.4 Å². The van der Waals surface area contributed by atoms with E-state index in [1.54, 1.807) is 13.0 Å². The van der Waals surface area contributed by atoms with Crippen molar-refractivity contribution in [3.8, 4) is 16.9 Å². The number of carbonyl (C=O) groups is 2. The van der Waals surface area contributed by atoms with Gasteiger partial charge in [-0.25, -0.2) is 8.78 Å². The molecule has 1 fully saturated rings. The number of nitrogens with zero attached hydrogens (tertiary/aromatic N) is 1. The Labute approximate surface area is 168 Å². The lowest BCUT2D eigenvalue weighted by Crippen LogP contribution is -2.39. The molecular formula is C22H23F2NO4. The zero-order chi connectivity index (χ0) is 21.1. The van der Waals surface area contributed by atoms with Crippen molar-refractivity contribution in [2.75, 3.05) is 20.8 Å². The molecule has 1 aliphatic rings. The van der Waals surface area contributed by atoms with Crippen molar-refractivity contribution >= 4 is 11.9 Å². The molecule has 5 nitrogen and oxygen atoms in total. The molecule has 1 saturated carbocycles. The molecular weight excluding hydrogens is 380 g/mol. The summed E-state index contributed by atoms with van der Waals surface area (Å²) >= 11 is 0. The monoisotopic (exact) mass is 403 g/mol. The van der Waals surface area contributed by atoms with Gasteiger partial charge in [-0.15, -0.1) is 0 Å². The molecule has 2 aromatic carbocycles. The minimum Gasteiger partial charge on any atom is -0.497 e. The molecule has 0 radical (unpaired) electrons. The summed E-state index contributed by atoms with van der Waals surface area (Å²) in [5, 5.41) is 0. The first kappa shape index (κ1) is 20.8. The average Bonchev–Trinajstić information content (AvgIpc) is 3.55. The maximum absolute atomic E-state index is 14.8. The predicted molar refractivity (Wildman–Crippen MR) is 104 cm³/mol. The maximum Gasteiger partial charge on any atom is 0.310 e. The van der Waals surface area contributed by atoms with Crippen molar-refractivity contribution in [3.05, 3.63) is 53.6 Å². The molecule has 1 unspecified atom stereocenters. The van der Waals surface area contributed by atoms with Crippen molar-refractivity contribution in [2.24, 2.45) is 5.92 Å². The van der Waals surface area contributed by atoms with E-state index in [1.165, 1.54) is 43.4 Å². The highest BCUT2D eigenvalue weighted by molar-refractivity contribution is 5.95. The minimum absolute atomic E-state index is 0.00675. The third kappa shape index (κ3) is 4.55. The summed E-state index contributed by atoms with van der Waals surface area (Å²) in [4.78, 5) is 26.2. The van der Waals surface area contributed by atoms with Gasteiger partial charge in [-0.3, -0.25) is 9.59 Å². The normalized spacial score (nSPS) is 14.2. The van der Waals surface area contributed by atoms with E-state index in [1.807, 2.05) is 0 Å². The van der Waals surface area contributed by atoms with Crippen LogP contribution in [-0.4, -0.2) is 43.6 Å². The highest BCUT2D eigenvalue weighted by Crippen LogP contribution is 2.31. The quantitative estimate of drug-likeness (QED) is 0.655. The molecule has 1 aliphatic carbocycles. The van der Waals surface area contributed by atoms with Crippen LogP contribution in [0.25, 0.3) is 11.1 Å². The summed E-state index contributed by atoms with van der Waals surface area (Å²) in [7, 11) is 2.72. The SMILES string of the molecule is COC(=O)C(C)CN(C(=O)c1ccc(-c2ccc(OC)cc2F)cc1F)C1CC1. The number of esters is 1. The Kier molecular flexibility index (Phi) is 6.15. The molecule has 0 aromatic heterocycles. The van der Waals surface area contributed by atoms with Gasteiger partial charge >= 0.3 is 5.97 Å². The highest BCUT2D eigenvalue weighted by atomic mass is 19.1. The number of carbonyl (C=O) groups excluding carboxylic acids is 2. The average molecular weight is 403 g/mol. The van der Waals surface area contributed by atoms with Crippen molar-refractivity contribution in [2.45, 2.75) is 25.8 Å². The van der Waals surface area contributed by atoms with Gasteiger partial charge in [0.25, 0.3) is 5.91 Å². The molecule has 2 aromatic rings. The van der Waals surface area contributed by atoms with Crippen LogP contribution in [-0.2, 0) is 9.53 Å². The fourth-order valence-corrected chi connectivity index (χ4v) is 3.22. The van der Waals surface area contributed by atoms with Crippen LogP contribution in [0.5, 0.6) is 5.75 Å². The predicted octanol–water partition coefficient (Wildman–Crippen LogP) is 4.05. The number of rotatable bonds is 7. The van der Waals surface area contributed by atoms with Crippen LogP contribution >= 0.6 is 0 Å². The first-order chi connectivity index (χ1) is 13.8. The van der Waals surface area contributed by atoms with Gasteiger partial charge < -0.3 is 14.4 Å². The molecule has 7 heteroatoms. The summed E-state index contributed by atoms with van der Waals surface area (Å²) in [5.41, 5.74) is 0.425. The largest absolute Gasteiger partial charge is 0.497 e. The third-order valence-corrected chi connectivity index (χ3v) is 5.01. The van der Waals surface area contributed by atoms with Crippen LogP contribution in [0.1, 0.15) is 30.1 Å². The lowest BCUT2D eigenvalue weighted by Gasteiger charge is -2.25. The summed E-state index contributed by atoms with van der Waals surface area (Å²) in [6, 6.07) is 8.30. The van der Waals surface area contributed by atoms with Crippen LogP contribution in [0.3, 0.4) is 0 Å². The first-order valence-corrected chi connectivity index (χ1v) is 9.38. The van der Waals surface area contributed by atoms with Crippen LogP contribution in [0.15, 0.2) is 36.4 Å². The van der Waals surface area contributed by atoms with E-state index in [2.05, 4.69) is 0 Å². The lowest BCUT2D eigenvalue weighted by atomic mass is 10.0. The minimum atomic E-state index is -0.737. The second-order valence-corrected chi connectivity index (χ2v) is 7.15. The molecule has 154 valence electrons. The van der Waals surface area contributed by atoms with Crippen LogP contribution in [0.4, 0.5) is 8.78 Å². The lowest BCUT2D eigenvalue weighted by molar-refractivity contribution is -0.145. The maximum atomic E-state index is 14.8. The fraction of sp³-hybridized carbons (Fsp3) is 0.364. The smallest absolute Gasteiger partial charge is 0.310 e. The zero-order valence-electron chi connectivity index (χ0n) is 16.6. The van der Waals surface area contributed by atoms with Gasteiger partial charge in [-0.05, 0) is 42.7 Å². The van der Waals surface area contributed by atoms with E-state index in [-0.39, 0.29) is 23.7 Å². The fourth-order valence-electron chi connectivity index (χ4n) is 3.22. The standard InChI is InChI=1S/C22H23F2NO4/c1-13(22(27)29-3)12-25(15-5-6-15)21(26)18-8-4-14(10-19(18)23)17-9-7-16(28-2)11-20(17)24/h4,7-11,13,15H,5-6,12H2,1-3H3. The zero-order valence-corrected chi connectivity index (χ0v) is 16.6. The molecule has 0 bridgehead atoms. The van der Waals surface area contributed by atoms with Crippen molar-refractivity contribution in [1.82, 2.24) is 4.90 Å². The number of hydrogen-bond acceptors (Lipinski definition) is 4. The molecule has 0 heterocycles. The first-order valence-electron chi connectivity index (χ1n) is 9.38. The van der Waals surface area contributed by atoms with Gasteiger partial charge in [-0.1, -0.05) is 13.0 Å². The number of methoxy groups -OCH3 is 2. The molecule has 3 rings (SSSR count). The summed E-state index contributed by atoms with van der Waals surface area (Å²) in [6.07, 6.45) is 1.63. The number of amides is 1. The summed E-state index contributed by atoms with van der Waals surface area (Å²) < 4.78 is 38.8. The van der Waals surface area contributed by atoms with Gasteiger partial charge in [0.05, 0.1) is 25.7 Å². The Bertz CT molecular complexity index is 927. The Morgan fingerprint density at radius 1 is 1.10 bits per heavy atom. The van der Waals surface area contributed by atoms with E-state index in [9.17, 15) is 18.4 Å². The Morgan fingerprint density at radius 2 is 1.83 bits per heavy atom. The van der Waals surface area contributed by atoms with Gasteiger partial charge in [-0.2, -0.15) is 0 Å². The number of halogens is 2. The van der Waals surface area contributed by atoms with Crippen LogP contribution in [0.2, 0.25) is 0 Å². The van der Waals surface area contributed by atoms with Gasteiger partial charge in [0.15, 0.2) is 0 Å². The highest BCUT2D eigenvalue weighted by Gasteiger charge is 2.36. The Morgan fingerprint density at radius 3 is 2.38 bits per heavy atom.